The number of nitrogens with zero attached hydrogens (tertiary/aromatic N) is 1. The molecule has 0 aliphatic carbocycles. The van der Waals surface area contributed by atoms with E-state index < -0.39 is 9.84 Å². The molecule has 2 rings (SSSR count). The second kappa shape index (κ2) is 4.43. The normalized spacial score (nSPS) is 17.4. The molecule has 1 aliphatic rings. The SMILES string of the molecule is CS(=O)(=O)c1cc[c]cc1N1CCOCC1. The number of hydrogen-bond acceptors (Lipinski definition) is 4. The van der Waals surface area contributed by atoms with Gasteiger partial charge in [0.2, 0.25) is 0 Å². The van der Waals surface area contributed by atoms with Gasteiger partial charge in [0.25, 0.3) is 0 Å². The van der Waals surface area contributed by atoms with E-state index in [4.69, 9.17) is 4.74 Å². The maximum absolute atomic E-state index is 11.6. The predicted octanol–water partition coefficient (Wildman–Crippen LogP) is 0.727. The summed E-state index contributed by atoms with van der Waals surface area (Å²) in [5.41, 5.74) is 0.730. The highest BCUT2D eigenvalue weighted by atomic mass is 32.2. The van der Waals surface area contributed by atoms with Gasteiger partial charge in [0.05, 0.1) is 23.8 Å². The third-order valence-electron chi connectivity index (χ3n) is 2.55. The Kier molecular flexibility index (Phi) is 3.16. The average molecular weight is 240 g/mol. The fourth-order valence-electron chi connectivity index (χ4n) is 1.77. The van der Waals surface area contributed by atoms with Crippen LogP contribution in [0.1, 0.15) is 0 Å². The molecule has 87 valence electrons. The molecule has 1 heterocycles. The van der Waals surface area contributed by atoms with Crippen LogP contribution in [-0.2, 0) is 14.6 Å². The number of hydrogen-bond donors (Lipinski definition) is 0. The number of rotatable bonds is 2. The van der Waals surface area contributed by atoms with Crippen LogP contribution in [0.4, 0.5) is 5.69 Å². The molecule has 0 aromatic heterocycles. The van der Waals surface area contributed by atoms with E-state index in [2.05, 4.69) is 6.07 Å². The molecule has 1 aromatic rings. The molecular weight excluding hydrogens is 226 g/mol. The molecule has 0 unspecified atom stereocenters. The lowest BCUT2D eigenvalue weighted by Crippen LogP contribution is -2.36. The second-order valence-corrected chi connectivity index (χ2v) is 5.75. The topological polar surface area (TPSA) is 46.6 Å². The summed E-state index contributed by atoms with van der Waals surface area (Å²) in [6.07, 6.45) is 1.23. The third kappa shape index (κ3) is 2.36. The van der Waals surface area contributed by atoms with Crippen molar-refractivity contribution < 1.29 is 13.2 Å². The summed E-state index contributed by atoms with van der Waals surface area (Å²) in [6, 6.07) is 7.87. The van der Waals surface area contributed by atoms with E-state index in [1.165, 1.54) is 6.26 Å². The maximum Gasteiger partial charge on any atom is 0.177 e. The fraction of sp³-hybridized carbons (Fsp3) is 0.455. The van der Waals surface area contributed by atoms with Crippen molar-refractivity contribution in [1.29, 1.82) is 0 Å². The summed E-state index contributed by atoms with van der Waals surface area (Å²) in [5, 5.41) is 0. The van der Waals surface area contributed by atoms with Gasteiger partial charge in [-0.05, 0) is 18.2 Å². The van der Waals surface area contributed by atoms with Crippen LogP contribution < -0.4 is 4.90 Å². The first-order chi connectivity index (χ1) is 7.59. The highest BCUT2D eigenvalue weighted by Crippen LogP contribution is 2.25. The van der Waals surface area contributed by atoms with Gasteiger partial charge < -0.3 is 9.64 Å². The van der Waals surface area contributed by atoms with Gasteiger partial charge in [-0.2, -0.15) is 0 Å². The van der Waals surface area contributed by atoms with Gasteiger partial charge in [-0.3, -0.25) is 0 Å². The largest absolute Gasteiger partial charge is 0.378 e. The monoisotopic (exact) mass is 240 g/mol. The first kappa shape index (κ1) is 11.4. The molecule has 1 fully saturated rings. The van der Waals surface area contributed by atoms with E-state index in [-0.39, 0.29) is 0 Å². The minimum atomic E-state index is -3.19. The Morgan fingerprint density at radius 1 is 1.38 bits per heavy atom. The Balaban J connectivity index is 2.40. The molecule has 1 aromatic carbocycles. The summed E-state index contributed by atoms with van der Waals surface area (Å²) in [6.45, 7) is 2.72. The van der Waals surface area contributed by atoms with Gasteiger partial charge in [0.15, 0.2) is 9.84 Å². The lowest BCUT2D eigenvalue weighted by molar-refractivity contribution is 0.122. The summed E-state index contributed by atoms with van der Waals surface area (Å²) in [7, 11) is -3.19. The Morgan fingerprint density at radius 3 is 2.69 bits per heavy atom. The molecule has 1 aliphatic heterocycles. The van der Waals surface area contributed by atoms with Crippen LogP contribution in [0.15, 0.2) is 23.1 Å². The zero-order valence-corrected chi connectivity index (χ0v) is 9.96. The molecule has 0 amide bonds. The van der Waals surface area contributed by atoms with Crippen molar-refractivity contribution in [2.24, 2.45) is 0 Å². The van der Waals surface area contributed by atoms with Crippen LogP contribution in [0, 0.1) is 6.07 Å². The molecule has 0 saturated carbocycles. The Hall–Kier alpha value is -1.07. The van der Waals surface area contributed by atoms with Crippen molar-refractivity contribution in [2.45, 2.75) is 4.90 Å². The van der Waals surface area contributed by atoms with Crippen molar-refractivity contribution in [3.63, 3.8) is 0 Å². The van der Waals surface area contributed by atoms with Gasteiger partial charge in [0, 0.05) is 19.3 Å². The first-order valence-electron chi connectivity index (χ1n) is 5.12. The van der Waals surface area contributed by atoms with Gasteiger partial charge in [-0.25, -0.2) is 8.42 Å². The predicted molar refractivity (Wildman–Crippen MR) is 61.4 cm³/mol. The zero-order valence-electron chi connectivity index (χ0n) is 9.14. The molecule has 0 bridgehead atoms. The van der Waals surface area contributed by atoms with E-state index in [9.17, 15) is 8.42 Å². The van der Waals surface area contributed by atoms with E-state index in [0.29, 0.717) is 18.1 Å². The molecule has 0 N–H and O–H groups in total. The number of sulfone groups is 1. The lowest BCUT2D eigenvalue weighted by Gasteiger charge is -2.30. The van der Waals surface area contributed by atoms with Crippen molar-refractivity contribution in [3.8, 4) is 0 Å². The average Bonchev–Trinajstić information content (AvgIpc) is 2.29. The highest BCUT2D eigenvalue weighted by molar-refractivity contribution is 7.90. The minimum Gasteiger partial charge on any atom is -0.378 e. The van der Waals surface area contributed by atoms with E-state index in [1.807, 2.05) is 4.90 Å². The molecule has 1 radical (unpaired) electrons. The molecule has 0 spiro atoms. The smallest absolute Gasteiger partial charge is 0.177 e. The van der Waals surface area contributed by atoms with Crippen molar-refractivity contribution in [3.05, 3.63) is 24.3 Å². The second-order valence-electron chi connectivity index (χ2n) is 3.77. The van der Waals surface area contributed by atoms with Crippen LogP contribution in [0.2, 0.25) is 0 Å². The summed E-state index contributed by atoms with van der Waals surface area (Å²) >= 11 is 0. The first-order valence-corrected chi connectivity index (χ1v) is 7.01. The van der Waals surface area contributed by atoms with Gasteiger partial charge in [-0.15, -0.1) is 0 Å². The van der Waals surface area contributed by atoms with Gasteiger partial charge in [-0.1, -0.05) is 6.07 Å². The third-order valence-corrected chi connectivity index (χ3v) is 3.70. The standard InChI is InChI=1S/C11H14NO3S/c1-16(13,14)11-5-3-2-4-10(11)12-6-8-15-9-7-12/h3-5H,6-9H2,1H3. The van der Waals surface area contributed by atoms with E-state index in [0.717, 1.165) is 18.8 Å². The summed E-state index contributed by atoms with van der Waals surface area (Å²) in [5.74, 6) is 0. The van der Waals surface area contributed by atoms with Gasteiger partial charge >= 0.3 is 0 Å². The van der Waals surface area contributed by atoms with Crippen LogP contribution in [0.25, 0.3) is 0 Å². The van der Waals surface area contributed by atoms with E-state index >= 15 is 0 Å². The highest BCUT2D eigenvalue weighted by Gasteiger charge is 2.19. The summed E-state index contributed by atoms with van der Waals surface area (Å²) in [4.78, 5) is 2.39. The maximum atomic E-state index is 11.6. The summed E-state index contributed by atoms with van der Waals surface area (Å²) < 4.78 is 28.5. The molecule has 1 saturated heterocycles. The number of benzene rings is 1. The number of ether oxygens (including phenoxy) is 1. The molecule has 0 atom stereocenters. The van der Waals surface area contributed by atoms with Crippen LogP contribution in [0.5, 0.6) is 0 Å². The minimum absolute atomic E-state index is 0.369. The van der Waals surface area contributed by atoms with E-state index in [1.54, 1.807) is 18.2 Å². The zero-order chi connectivity index (χ0) is 11.6. The molecule has 5 heteroatoms. The van der Waals surface area contributed by atoms with Gasteiger partial charge in [0.1, 0.15) is 0 Å². The molecule has 16 heavy (non-hydrogen) atoms. The fourth-order valence-corrected chi connectivity index (χ4v) is 2.66. The Morgan fingerprint density at radius 2 is 2.06 bits per heavy atom. The van der Waals surface area contributed by atoms with Crippen molar-refractivity contribution in [2.75, 3.05) is 37.5 Å². The quantitative estimate of drug-likeness (QED) is 0.764. The Bertz CT molecular complexity index is 464. The van der Waals surface area contributed by atoms with Crippen LogP contribution in [0.3, 0.4) is 0 Å². The van der Waals surface area contributed by atoms with Crippen molar-refractivity contribution >= 4 is 15.5 Å². The molecule has 4 nitrogen and oxygen atoms in total. The lowest BCUT2D eigenvalue weighted by atomic mass is 10.2. The van der Waals surface area contributed by atoms with Crippen LogP contribution in [-0.4, -0.2) is 41.0 Å². The number of anilines is 1. The number of morpholine rings is 1. The molecular formula is C11H14NO3S. The Labute approximate surface area is 95.7 Å². The van der Waals surface area contributed by atoms with Crippen molar-refractivity contribution in [1.82, 2.24) is 0 Å². The van der Waals surface area contributed by atoms with Crippen LogP contribution >= 0.6 is 0 Å².